The van der Waals surface area contributed by atoms with Crippen molar-refractivity contribution in [2.45, 2.75) is 19.6 Å². The van der Waals surface area contributed by atoms with Crippen LogP contribution in [-0.4, -0.2) is 38.7 Å². The minimum Gasteiger partial charge on any atom is -0.484 e. The van der Waals surface area contributed by atoms with E-state index in [-0.39, 0.29) is 12.5 Å². The zero-order valence-electron chi connectivity index (χ0n) is 15.7. The smallest absolute Gasteiger partial charge is 0.260 e. The van der Waals surface area contributed by atoms with Gasteiger partial charge in [-0.1, -0.05) is 24.3 Å². The van der Waals surface area contributed by atoms with Crippen LogP contribution in [0.1, 0.15) is 17.0 Å². The van der Waals surface area contributed by atoms with E-state index in [9.17, 15) is 4.79 Å². The highest BCUT2D eigenvalue weighted by Gasteiger charge is 2.27. The molecule has 7 nitrogen and oxygen atoms in total. The van der Waals surface area contributed by atoms with Crippen molar-refractivity contribution in [3.63, 3.8) is 0 Å². The molecule has 0 fully saturated rings. The van der Waals surface area contributed by atoms with Crippen LogP contribution in [0.15, 0.2) is 54.7 Å². The quantitative estimate of drug-likeness (QED) is 0.659. The number of ether oxygens (including phenoxy) is 2. The summed E-state index contributed by atoms with van der Waals surface area (Å²) in [6, 6.07) is 14.9. The number of carbonyl (C=O) groups is 1. The summed E-state index contributed by atoms with van der Waals surface area (Å²) in [6.07, 6.45) is 2.45. The Morgan fingerprint density at radius 2 is 1.93 bits per heavy atom. The molecule has 0 saturated carbocycles. The number of hydrogen-bond acceptors (Lipinski definition) is 5. The van der Waals surface area contributed by atoms with Gasteiger partial charge in [0.25, 0.3) is 5.91 Å². The molecule has 0 bridgehead atoms. The van der Waals surface area contributed by atoms with Crippen molar-refractivity contribution in [3.8, 4) is 11.6 Å². The summed E-state index contributed by atoms with van der Waals surface area (Å²) in [6.45, 7) is 1.52. The molecule has 0 atom stereocenters. The van der Waals surface area contributed by atoms with Crippen molar-refractivity contribution in [2.24, 2.45) is 7.05 Å². The molecule has 0 unspecified atom stereocenters. The Morgan fingerprint density at radius 3 is 2.71 bits per heavy atom. The number of benzene rings is 1. The zero-order valence-corrected chi connectivity index (χ0v) is 15.7. The Bertz CT molecular complexity index is 941. The number of pyridine rings is 1. The molecule has 0 radical (unpaired) electrons. The molecule has 1 aromatic carbocycles. The third kappa shape index (κ3) is 3.98. The largest absolute Gasteiger partial charge is 0.484 e. The third-order valence-corrected chi connectivity index (χ3v) is 4.78. The lowest BCUT2D eigenvalue weighted by Gasteiger charge is -2.27. The van der Waals surface area contributed by atoms with Crippen molar-refractivity contribution in [1.82, 2.24) is 19.7 Å². The lowest BCUT2D eigenvalue weighted by molar-refractivity contribution is -0.134. The number of amides is 1. The van der Waals surface area contributed by atoms with Crippen LogP contribution in [0.2, 0.25) is 0 Å². The van der Waals surface area contributed by atoms with Crippen LogP contribution < -0.4 is 9.47 Å². The van der Waals surface area contributed by atoms with Gasteiger partial charge in [0.15, 0.2) is 6.61 Å². The molecule has 1 aliphatic heterocycles. The van der Waals surface area contributed by atoms with Gasteiger partial charge >= 0.3 is 0 Å². The molecule has 3 heterocycles. The molecule has 1 amide bonds. The maximum absolute atomic E-state index is 12.6. The molecule has 2 aromatic heterocycles. The van der Waals surface area contributed by atoms with Crippen molar-refractivity contribution >= 4 is 5.91 Å². The summed E-state index contributed by atoms with van der Waals surface area (Å²) in [5.74, 6) is 1.22. The number of rotatable bonds is 6. The number of aryl methyl sites for hydroxylation is 1. The van der Waals surface area contributed by atoms with Gasteiger partial charge in [0.1, 0.15) is 18.1 Å². The van der Waals surface area contributed by atoms with Gasteiger partial charge in [-0.2, -0.15) is 5.10 Å². The molecule has 0 aliphatic carbocycles. The van der Waals surface area contributed by atoms with Crippen LogP contribution in [0.4, 0.5) is 0 Å². The first kappa shape index (κ1) is 18.0. The van der Waals surface area contributed by atoms with E-state index < -0.39 is 0 Å². The highest BCUT2D eigenvalue weighted by molar-refractivity contribution is 5.78. The number of fused-ring (bicyclic) bond motifs is 1. The van der Waals surface area contributed by atoms with Crippen LogP contribution >= 0.6 is 0 Å². The maximum atomic E-state index is 12.6. The molecule has 3 aromatic rings. The molecule has 4 rings (SSSR count). The van der Waals surface area contributed by atoms with E-state index in [4.69, 9.17) is 9.47 Å². The second-order valence-corrected chi connectivity index (χ2v) is 6.62. The first-order valence-electron chi connectivity index (χ1n) is 9.24. The highest BCUT2D eigenvalue weighted by Crippen LogP contribution is 2.23. The van der Waals surface area contributed by atoms with Crippen LogP contribution in [0.5, 0.6) is 11.6 Å². The first-order valence-corrected chi connectivity index (χ1v) is 9.24. The number of nitrogens with zero attached hydrogens (tertiary/aromatic N) is 4. The summed E-state index contributed by atoms with van der Waals surface area (Å²) < 4.78 is 13.2. The summed E-state index contributed by atoms with van der Waals surface area (Å²) in [7, 11) is 1.93. The Kier molecular flexibility index (Phi) is 5.23. The standard InChI is InChI=1S/C21H22N4O3/c1-24-19-10-12-25(21(26)15-27-16-7-3-2-4-8-16)13-17(19)18(23-24)14-28-20-9-5-6-11-22-20/h2-9,11H,10,12-15H2,1H3. The molecule has 144 valence electrons. The Balaban J connectivity index is 1.41. The molecule has 7 heteroatoms. The van der Waals surface area contributed by atoms with Crippen molar-refractivity contribution < 1.29 is 14.3 Å². The second-order valence-electron chi connectivity index (χ2n) is 6.62. The van der Waals surface area contributed by atoms with Gasteiger partial charge in [-0.3, -0.25) is 9.48 Å². The van der Waals surface area contributed by atoms with E-state index in [2.05, 4.69) is 10.1 Å². The van der Waals surface area contributed by atoms with Crippen LogP contribution in [-0.2, 0) is 31.4 Å². The fourth-order valence-corrected chi connectivity index (χ4v) is 3.33. The predicted octanol–water partition coefficient (Wildman–Crippen LogP) is 2.36. The predicted molar refractivity (Wildman–Crippen MR) is 103 cm³/mol. The number of aromatic nitrogens is 3. The van der Waals surface area contributed by atoms with Crippen molar-refractivity contribution in [3.05, 3.63) is 71.7 Å². The van der Waals surface area contributed by atoms with Gasteiger partial charge in [-0.25, -0.2) is 4.98 Å². The third-order valence-electron chi connectivity index (χ3n) is 4.78. The maximum Gasteiger partial charge on any atom is 0.260 e. The van der Waals surface area contributed by atoms with Crippen LogP contribution in [0, 0.1) is 0 Å². The molecular weight excluding hydrogens is 356 g/mol. The minimum atomic E-state index is -0.0325. The molecule has 0 saturated heterocycles. The molecule has 28 heavy (non-hydrogen) atoms. The van der Waals surface area contributed by atoms with E-state index in [0.29, 0.717) is 31.3 Å². The van der Waals surface area contributed by atoms with Crippen molar-refractivity contribution in [1.29, 1.82) is 0 Å². The number of para-hydroxylation sites is 1. The summed E-state index contributed by atoms with van der Waals surface area (Å²) in [5.41, 5.74) is 3.04. The average molecular weight is 378 g/mol. The average Bonchev–Trinajstić information content (AvgIpc) is 3.07. The molecule has 0 spiro atoms. The van der Waals surface area contributed by atoms with E-state index in [1.54, 1.807) is 6.20 Å². The Labute approximate surface area is 163 Å². The highest BCUT2D eigenvalue weighted by atomic mass is 16.5. The Morgan fingerprint density at radius 1 is 1.11 bits per heavy atom. The fourth-order valence-electron chi connectivity index (χ4n) is 3.33. The van der Waals surface area contributed by atoms with E-state index in [0.717, 1.165) is 23.4 Å². The molecule has 1 aliphatic rings. The number of carbonyl (C=O) groups excluding carboxylic acids is 1. The van der Waals surface area contributed by atoms with Gasteiger partial charge < -0.3 is 14.4 Å². The van der Waals surface area contributed by atoms with Crippen LogP contribution in [0.3, 0.4) is 0 Å². The summed E-state index contributed by atoms with van der Waals surface area (Å²) in [4.78, 5) is 18.6. The molecule has 0 N–H and O–H groups in total. The van der Waals surface area contributed by atoms with E-state index in [1.165, 1.54) is 0 Å². The normalized spacial score (nSPS) is 13.1. The van der Waals surface area contributed by atoms with E-state index in [1.807, 2.05) is 65.2 Å². The van der Waals surface area contributed by atoms with Gasteiger partial charge in [-0.15, -0.1) is 0 Å². The van der Waals surface area contributed by atoms with Gasteiger partial charge in [0, 0.05) is 50.1 Å². The van der Waals surface area contributed by atoms with Gasteiger partial charge in [0.05, 0.1) is 0 Å². The Hall–Kier alpha value is -3.35. The van der Waals surface area contributed by atoms with E-state index >= 15 is 0 Å². The van der Waals surface area contributed by atoms with Gasteiger partial charge in [-0.05, 0) is 18.2 Å². The zero-order chi connectivity index (χ0) is 19.3. The minimum absolute atomic E-state index is 0.0272. The molecular formula is C21H22N4O3. The topological polar surface area (TPSA) is 69.5 Å². The summed E-state index contributed by atoms with van der Waals surface area (Å²) in [5, 5.41) is 4.59. The van der Waals surface area contributed by atoms with Gasteiger partial charge in [0.2, 0.25) is 5.88 Å². The second kappa shape index (κ2) is 8.12. The number of hydrogen-bond donors (Lipinski definition) is 0. The fraction of sp³-hybridized carbons (Fsp3) is 0.286. The lowest BCUT2D eigenvalue weighted by Crippen LogP contribution is -2.39. The monoisotopic (exact) mass is 378 g/mol. The van der Waals surface area contributed by atoms with Crippen LogP contribution in [0.25, 0.3) is 0 Å². The van der Waals surface area contributed by atoms with Crippen molar-refractivity contribution in [2.75, 3.05) is 13.2 Å². The summed E-state index contributed by atoms with van der Waals surface area (Å²) >= 11 is 0. The lowest BCUT2D eigenvalue weighted by atomic mass is 10.1. The first-order chi connectivity index (χ1) is 13.7. The SMILES string of the molecule is Cn1nc(COc2ccccn2)c2c1CCN(C(=O)COc1ccccc1)C2.